The minimum atomic E-state index is -0.737. The van der Waals surface area contributed by atoms with Crippen molar-refractivity contribution in [1.82, 2.24) is 4.98 Å². The quantitative estimate of drug-likeness (QED) is 0.313. The summed E-state index contributed by atoms with van der Waals surface area (Å²) in [6.45, 7) is 1.95. The fourth-order valence-electron chi connectivity index (χ4n) is 3.77. The Balaban J connectivity index is 1.40. The smallest absolute Gasteiger partial charge is 0.349 e. The zero-order valence-corrected chi connectivity index (χ0v) is 19.3. The number of thiazole rings is 1. The molecule has 1 N–H and O–H groups in total. The molecule has 2 aromatic heterocycles. The standard InChI is InChI=1S/C27H20N2O4S/c1-16-23(19-13-11-18(12-14-19)17-7-4-3-5-8-17)28-27(34-16)29-25(30)21-15-20-9-6-10-22(32-2)24(20)33-26(21)31/h3-15H,1-2H3,(H,28,29,30). The number of fused-ring (bicyclic) bond motifs is 1. The first-order valence-corrected chi connectivity index (χ1v) is 11.4. The number of benzene rings is 3. The van der Waals surface area contributed by atoms with Crippen molar-refractivity contribution in [3.8, 4) is 28.1 Å². The number of hydrogen-bond acceptors (Lipinski definition) is 6. The third-order valence-corrected chi connectivity index (χ3v) is 6.36. The van der Waals surface area contributed by atoms with E-state index < -0.39 is 11.5 Å². The highest BCUT2D eigenvalue weighted by Crippen LogP contribution is 2.32. The Morgan fingerprint density at radius 2 is 1.65 bits per heavy atom. The number of para-hydroxylation sites is 1. The number of carbonyl (C=O) groups excluding carboxylic acids is 1. The predicted octanol–water partition coefficient (Wildman–Crippen LogP) is 6.15. The number of aryl methyl sites for hydroxylation is 1. The first kappa shape index (κ1) is 21.6. The van der Waals surface area contributed by atoms with Gasteiger partial charge in [0.25, 0.3) is 5.91 Å². The Labute approximate surface area is 199 Å². The van der Waals surface area contributed by atoms with Gasteiger partial charge in [0, 0.05) is 15.8 Å². The zero-order chi connectivity index (χ0) is 23.7. The molecule has 0 fully saturated rings. The maximum absolute atomic E-state index is 12.9. The van der Waals surface area contributed by atoms with Crippen molar-refractivity contribution in [1.29, 1.82) is 0 Å². The maximum Gasteiger partial charge on any atom is 0.349 e. The van der Waals surface area contributed by atoms with Gasteiger partial charge in [-0.1, -0.05) is 66.7 Å². The first-order chi connectivity index (χ1) is 16.5. The van der Waals surface area contributed by atoms with E-state index in [-0.39, 0.29) is 5.56 Å². The number of ether oxygens (including phenoxy) is 1. The van der Waals surface area contributed by atoms with Crippen LogP contribution in [0.3, 0.4) is 0 Å². The third-order valence-electron chi connectivity index (χ3n) is 5.47. The zero-order valence-electron chi connectivity index (χ0n) is 18.5. The number of aromatic nitrogens is 1. The Hall–Kier alpha value is -4.23. The molecule has 5 rings (SSSR count). The average Bonchev–Trinajstić information content (AvgIpc) is 3.23. The number of hydrogen-bond donors (Lipinski definition) is 1. The van der Waals surface area contributed by atoms with E-state index in [0.717, 1.165) is 27.3 Å². The summed E-state index contributed by atoms with van der Waals surface area (Å²) in [5.74, 6) is -0.141. The topological polar surface area (TPSA) is 81.4 Å². The molecule has 0 bridgehead atoms. The minimum Gasteiger partial charge on any atom is -0.493 e. The van der Waals surface area contributed by atoms with Gasteiger partial charge in [-0.15, -0.1) is 11.3 Å². The van der Waals surface area contributed by atoms with Crippen LogP contribution in [0.15, 0.2) is 88.1 Å². The normalized spacial score (nSPS) is 10.9. The van der Waals surface area contributed by atoms with Crippen LogP contribution < -0.4 is 15.7 Å². The average molecular weight is 469 g/mol. The van der Waals surface area contributed by atoms with Gasteiger partial charge in [0.2, 0.25) is 0 Å². The molecule has 6 nitrogen and oxygen atoms in total. The van der Waals surface area contributed by atoms with Crippen LogP contribution in [0.1, 0.15) is 15.2 Å². The van der Waals surface area contributed by atoms with Crippen LogP contribution in [0.25, 0.3) is 33.4 Å². The molecule has 0 aliphatic rings. The molecule has 168 valence electrons. The fraction of sp³-hybridized carbons (Fsp3) is 0.0741. The number of rotatable bonds is 5. The number of nitrogens with one attached hydrogen (secondary N) is 1. The van der Waals surface area contributed by atoms with Gasteiger partial charge in [-0.2, -0.15) is 0 Å². The van der Waals surface area contributed by atoms with E-state index in [0.29, 0.717) is 21.9 Å². The molecule has 0 saturated carbocycles. The summed E-state index contributed by atoms with van der Waals surface area (Å²) < 4.78 is 10.6. The Morgan fingerprint density at radius 1 is 0.941 bits per heavy atom. The predicted molar refractivity (Wildman–Crippen MR) is 135 cm³/mol. The van der Waals surface area contributed by atoms with Crippen LogP contribution in [0.2, 0.25) is 0 Å². The molecule has 0 aliphatic carbocycles. The largest absolute Gasteiger partial charge is 0.493 e. The molecule has 0 saturated heterocycles. The van der Waals surface area contributed by atoms with Crippen LogP contribution in [0, 0.1) is 6.92 Å². The van der Waals surface area contributed by atoms with Crippen LogP contribution >= 0.6 is 11.3 Å². The molecule has 7 heteroatoms. The van der Waals surface area contributed by atoms with Crippen molar-refractivity contribution in [2.24, 2.45) is 0 Å². The van der Waals surface area contributed by atoms with Gasteiger partial charge >= 0.3 is 5.63 Å². The van der Waals surface area contributed by atoms with Gasteiger partial charge in [0.15, 0.2) is 16.5 Å². The number of methoxy groups -OCH3 is 1. The summed E-state index contributed by atoms with van der Waals surface area (Å²) >= 11 is 1.35. The summed E-state index contributed by atoms with van der Waals surface area (Å²) in [5, 5.41) is 3.75. The number of carbonyl (C=O) groups is 1. The van der Waals surface area contributed by atoms with Crippen molar-refractivity contribution in [2.75, 3.05) is 12.4 Å². The Morgan fingerprint density at radius 3 is 2.38 bits per heavy atom. The Bertz CT molecular complexity index is 1550. The first-order valence-electron chi connectivity index (χ1n) is 10.6. The maximum atomic E-state index is 12.9. The van der Waals surface area contributed by atoms with Crippen LogP contribution in [-0.4, -0.2) is 18.0 Å². The monoisotopic (exact) mass is 468 g/mol. The van der Waals surface area contributed by atoms with E-state index in [9.17, 15) is 9.59 Å². The van der Waals surface area contributed by atoms with Crippen molar-refractivity contribution in [3.63, 3.8) is 0 Å². The molecule has 0 radical (unpaired) electrons. The van der Waals surface area contributed by atoms with E-state index in [2.05, 4.69) is 34.6 Å². The highest BCUT2D eigenvalue weighted by molar-refractivity contribution is 7.16. The Kier molecular flexibility index (Phi) is 5.69. The fourth-order valence-corrected chi connectivity index (χ4v) is 4.60. The molecule has 0 spiro atoms. The highest BCUT2D eigenvalue weighted by atomic mass is 32.1. The second kappa shape index (κ2) is 8.96. The highest BCUT2D eigenvalue weighted by Gasteiger charge is 2.18. The van der Waals surface area contributed by atoms with Crippen LogP contribution in [0.5, 0.6) is 5.75 Å². The lowest BCUT2D eigenvalue weighted by Gasteiger charge is -2.05. The van der Waals surface area contributed by atoms with E-state index >= 15 is 0 Å². The van der Waals surface area contributed by atoms with E-state index in [1.807, 2.05) is 37.3 Å². The molecular weight excluding hydrogens is 448 g/mol. The van der Waals surface area contributed by atoms with Gasteiger partial charge in [-0.3, -0.25) is 10.1 Å². The molecular formula is C27H20N2O4S. The lowest BCUT2D eigenvalue weighted by Crippen LogP contribution is -2.20. The molecule has 0 unspecified atom stereocenters. The van der Waals surface area contributed by atoms with Gasteiger partial charge in [0.1, 0.15) is 5.56 Å². The van der Waals surface area contributed by atoms with Crippen LogP contribution in [-0.2, 0) is 0 Å². The molecule has 2 heterocycles. The van der Waals surface area contributed by atoms with Crippen molar-refractivity contribution >= 4 is 33.3 Å². The lowest BCUT2D eigenvalue weighted by molar-refractivity contribution is 0.102. The van der Waals surface area contributed by atoms with Crippen molar-refractivity contribution in [2.45, 2.75) is 6.92 Å². The van der Waals surface area contributed by atoms with E-state index in [1.54, 1.807) is 18.2 Å². The third kappa shape index (κ3) is 4.09. The number of amides is 1. The molecule has 0 atom stereocenters. The van der Waals surface area contributed by atoms with E-state index in [4.69, 9.17) is 9.15 Å². The molecule has 1 amide bonds. The second-order valence-electron chi connectivity index (χ2n) is 7.65. The molecule has 34 heavy (non-hydrogen) atoms. The van der Waals surface area contributed by atoms with Gasteiger partial charge in [-0.05, 0) is 30.2 Å². The molecule has 0 aliphatic heterocycles. The number of anilines is 1. The summed E-state index contributed by atoms with van der Waals surface area (Å²) in [7, 11) is 1.49. The molecule has 3 aromatic carbocycles. The summed E-state index contributed by atoms with van der Waals surface area (Å²) in [5.41, 5.74) is 3.47. The van der Waals surface area contributed by atoms with Gasteiger partial charge < -0.3 is 9.15 Å². The summed E-state index contributed by atoms with van der Waals surface area (Å²) in [6.07, 6.45) is 0. The molecule has 5 aromatic rings. The van der Waals surface area contributed by atoms with Crippen molar-refractivity contribution < 1.29 is 13.9 Å². The minimum absolute atomic E-state index is 0.0950. The lowest BCUT2D eigenvalue weighted by atomic mass is 10.0. The summed E-state index contributed by atoms with van der Waals surface area (Å²) in [4.78, 5) is 30.9. The van der Waals surface area contributed by atoms with Crippen molar-refractivity contribution in [3.05, 3.63) is 99.7 Å². The number of nitrogens with zero attached hydrogens (tertiary/aromatic N) is 1. The van der Waals surface area contributed by atoms with Gasteiger partial charge in [-0.25, -0.2) is 9.78 Å². The van der Waals surface area contributed by atoms with E-state index in [1.165, 1.54) is 24.5 Å². The SMILES string of the molecule is COc1cccc2cc(C(=O)Nc3nc(-c4ccc(-c5ccccc5)cc4)c(C)s3)c(=O)oc12. The van der Waals surface area contributed by atoms with Crippen LogP contribution in [0.4, 0.5) is 5.13 Å². The second-order valence-corrected chi connectivity index (χ2v) is 8.85. The summed E-state index contributed by atoms with van der Waals surface area (Å²) in [6, 6.07) is 25.0. The van der Waals surface area contributed by atoms with Gasteiger partial charge in [0.05, 0.1) is 12.8 Å².